The van der Waals surface area contributed by atoms with E-state index < -0.39 is 11.9 Å². The number of carbonyl (C=O) groups is 2. The van der Waals surface area contributed by atoms with Crippen molar-refractivity contribution in [3.05, 3.63) is 47.9 Å². The van der Waals surface area contributed by atoms with Crippen LogP contribution in [-0.4, -0.2) is 35.2 Å². The molecule has 0 radical (unpaired) electrons. The average Bonchev–Trinajstić information content (AvgIpc) is 3.05. The molecule has 3 rings (SSSR count). The fourth-order valence-corrected chi connectivity index (χ4v) is 2.38. The van der Waals surface area contributed by atoms with E-state index in [9.17, 15) is 9.59 Å². The van der Waals surface area contributed by atoms with Crippen molar-refractivity contribution in [1.29, 1.82) is 0 Å². The van der Waals surface area contributed by atoms with Crippen LogP contribution in [0.3, 0.4) is 0 Å². The van der Waals surface area contributed by atoms with Crippen LogP contribution in [0.2, 0.25) is 0 Å². The van der Waals surface area contributed by atoms with Crippen LogP contribution in [0.25, 0.3) is 0 Å². The fraction of sp³-hybridized carbons (Fsp3) is 0.389. The predicted octanol–water partition coefficient (Wildman–Crippen LogP) is 2.13. The number of hydrogen-bond acceptors (Lipinski definition) is 5. The Kier molecular flexibility index (Phi) is 4.59. The molecule has 0 bridgehead atoms. The summed E-state index contributed by atoms with van der Waals surface area (Å²) in [5, 5.41) is 6.41. The van der Waals surface area contributed by atoms with Crippen LogP contribution in [0.4, 0.5) is 5.69 Å². The molecule has 1 aliphatic rings. The molecule has 1 N–H and O–H groups in total. The lowest BCUT2D eigenvalue weighted by Gasteiger charge is -2.38. The van der Waals surface area contributed by atoms with Gasteiger partial charge >= 0.3 is 0 Å². The van der Waals surface area contributed by atoms with E-state index in [0.717, 1.165) is 5.69 Å². The van der Waals surface area contributed by atoms with Crippen LogP contribution in [-0.2, 0) is 16.1 Å². The molecule has 1 aliphatic heterocycles. The highest BCUT2D eigenvalue weighted by Crippen LogP contribution is 2.21. The first kappa shape index (κ1) is 17.2. The number of nitrogens with one attached hydrogen (secondary N) is 1. The zero-order chi connectivity index (χ0) is 18.0. The topological polar surface area (TPSA) is 84.7 Å². The molecular weight excluding hydrogens is 322 g/mol. The summed E-state index contributed by atoms with van der Waals surface area (Å²) in [5.74, 6) is -0.109. The molecular formula is C18H21N3O4. The SMILES string of the molecule is CC(C)(C)OCc1cc(C(=O)NC2CN(c3ccccc3)C2=O)no1. The van der Waals surface area contributed by atoms with Crippen molar-refractivity contribution in [2.24, 2.45) is 0 Å². The third-order valence-electron chi connectivity index (χ3n) is 3.74. The third-order valence-corrected chi connectivity index (χ3v) is 3.74. The Morgan fingerprint density at radius 2 is 2.08 bits per heavy atom. The van der Waals surface area contributed by atoms with Gasteiger partial charge in [0.15, 0.2) is 11.5 Å². The molecule has 7 nitrogen and oxygen atoms in total. The Balaban J connectivity index is 1.54. The van der Waals surface area contributed by atoms with Crippen molar-refractivity contribution in [2.75, 3.05) is 11.4 Å². The molecule has 1 saturated heterocycles. The second kappa shape index (κ2) is 6.68. The minimum absolute atomic E-state index is 0.137. The summed E-state index contributed by atoms with van der Waals surface area (Å²) in [6.07, 6.45) is 0. The molecule has 1 aromatic carbocycles. The summed E-state index contributed by atoms with van der Waals surface area (Å²) >= 11 is 0. The lowest BCUT2D eigenvalue weighted by atomic mass is 10.1. The zero-order valence-corrected chi connectivity index (χ0v) is 14.5. The second-order valence-electron chi connectivity index (χ2n) is 6.89. The van der Waals surface area contributed by atoms with E-state index in [0.29, 0.717) is 12.3 Å². The lowest BCUT2D eigenvalue weighted by molar-refractivity contribution is -0.124. The van der Waals surface area contributed by atoms with Crippen molar-refractivity contribution in [3.63, 3.8) is 0 Å². The monoisotopic (exact) mass is 343 g/mol. The highest BCUT2D eigenvalue weighted by molar-refractivity contribution is 6.07. The van der Waals surface area contributed by atoms with Gasteiger partial charge in [0.25, 0.3) is 11.8 Å². The number of ether oxygens (including phenoxy) is 1. The normalized spacial score (nSPS) is 17.3. The molecule has 2 heterocycles. The Labute approximate surface area is 145 Å². The number of carbonyl (C=O) groups excluding carboxylic acids is 2. The molecule has 1 fully saturated rings. The largest absolute Gasteiger partial charge is 0.368 e. The molecule has 2 aromatic rings. The number of β-lactam (4-membered cyclic amide) rings is 1. The highest BCUT2D eigenvalue weighted by Gasteiger charge is 2.39. The summed E-state index contributed by atoms with van der Waals surface area (Å²) in [6, 6.07) is 10.3. The van der Waals surface area contributed by atoms with Crippen LogP contribution in [0.15, 0.2) is 40.9 Å². The maximum atomic E-state index is 12.2. The maximum Gasteiger partial charge on any atom is 0.274 e. The first-order chi connectivity index (χ1) is 11.8. The number of para-hydroxylation sites is 1. The van der Waals surface area contributed by atoms with Crippen LogP contribution in [0, 0.1) is 0 Å². The van der Waals surface area contributed by atoms with Gasteiger partial charge in [0.1, 0.15) is 12.6 Å². The Morgan fingerprint density at radius 3 is 2.72 bits per heavy atom. The third kappa shape index (κ3) is 4.06. The van der Waals surface area contributed by atoms with Crippen molar-refractivity contribution in [1.82, 2.24) is 10.5 Å². The minimum atomic E-state index is -0.543. The molecule has 0 spiro atoms. The Morgan fingerprint density at radius 1 is 1.36 bits per heavy atom. The summed E-state index contributed by atoms with van der Waals surface area (Å²) in [6.45, 7) is 6.45. The Bertz CT molecular complexity index is 764. The standard InChI is InChI=1S/C18H21N3O4/c1-18(2,3)24-11-13-9-14(20-25-13)16(22)19-15-10-21(17(15)23)12-7-5-4-6-8-12/h4-9,15H,10-11H2,1-3H3,(H,19,22). The summed E-state index contributed by atoms with van der Waals surface area (Å²) in [4.78, 5) is 26.0. The number of hydrogen-bond donors (Lipinski definition) is 1. The van der Waals surface area contributed by atoms with Gasteiger partial charge in [-0.25, -0.2) is 0 Å². The Hall–Kier alpha value is -2.67. The van der Waals surface area contributed by atoms with Gasteiger partial charge in [0.05, 0.1) is 12.1 Å². The van der Waals surface area contributed by atoms with Crippen LogP contribution < -0.4 is 10.2 Å². The smallest absolute Gasteiger partial charge is 0.274 e. The second-order valence-corrected chi connectivity index (χ2v) is 6.89. The van der Waals surface area contributed by atoms with E-state index in [1.54, 1.807) is 4.90 Å². The number of benzene rings is 1. The van der Waals surface area contributed by atoms with Crippen LogP contribution >= 0.6 is 0 Å². The van der Waals surface area contributed by atoms with E-state index >= 15 is 0 Å². The molecule has 0 saturated carbocycles. The lowest BCUT2D eigenvalue weighted by Crippen LogP contribution is -2.64. The van der Waals surface area contributed by atoms with Gasteiger partial charge < -0.3 is 19.5 Å². The van der Waals surface area contributed by atoms with Gasteiger partial charge in [0.2, 0.25) is 0 Å². The summed E-state index contributed by atoms with van der Waals surface area (Å²) in [5.41, 5.74) is 0.647. The predicted molar refractivity (Wildman–Crippen MR) is 91.1 cm³/mol. The number of anilines is 1. The van der Waals surface area contributed by atoms with Gasteiger partial charge in [-0.1, -0.05) is 23.4 Å². The molecule has 1 unspecified atom stereocenters. The van der Waals surface area contributed by atoms with E-state index in [1.807, 2.05) is 51.1 Å². The molecule has 25 heavy (non-hydrogen) atoms. The summed E-state index contributed by atoms with van der Waals surface area (Å²) in [7, 11) is 0. The molecule has 1 atom stereocenters. The maximum absolute atomic E-state index is 12.2. The first-order valence-electron chi connectivity index (χ1n) is 8.10. The fourth-order valence-electron chi connectivity index (χ4n) is 2.38. The van der Waals surface area contributed by atoms with Crippen LogP contribution in [0.1, 0.15) is 37.0 Å². The van der Waals surface area contributed by atoms with Crippen molar-refractivity contribution < 1.29 is 18.8 Å². The molecule has 7 heteroatoms. The molecule has 0 aliphatic carbocycles. The quantitative estimate of drug-likeness (QED) is 0.841. The van der Waals surface area contributed by atoms with Gasteiger partial charge in [-0.3, -0.25) is 9.59 Å². The number of rotatable bonds is 5. The first-order valence-corrected chi connectivity index (χ1v) is 8.10. The zero-order valence-electron chi connectivity index (χ0n) is 14.5. The van der Waals surface area contributed by atoms with E-state index in [1.165, 1.54) is 6.07 Å². The number of aromatic nitrogens is 1. The van der Waals surface area contributed by atoms with E-state index in [4.69, 9.17) is 9.26 Å². The highest BCUT2D eigenvalue weighted by atomic mass is 16.5. The van der Waals surface area contributed by atoms with E-state index in [-0.39, 0.29) is 23.8 Å². The minimum Gasteiger partial charge on any atom is -0.368 e. The van der Waals surface area contributed by atoms with Gasteiger partial charge in [-0.05, 0) is 32.9 Å². The number of amides is 2. The van der Waals surface area contributed by atoms with Crippen molar-refractivity contribution in [2.45, 2.75) is 39.0 Å². The van der Waals surface area contributed by atoms with E-state index in [2.05, 4.69) is 10.5 Å². The summed E-state index contributed by atoms with van der Waals surface area (Å²) < 4.78 is 10.7. The van der Waals surface area contributed by atoms with Crippen molar-refractivity contribution in [3.8, 4) is 0 Å². The number of nitrogens with zero attached hydrogens (tertiary/aromatic N) is 2. The molecule has 2 amide bonds. The van der Waals surface area contributed by atoms with Crippen molar-refractivity contribution >= 4 is 17.5 Å². The molecule has 132 valence electrons. The average molecular weight is 343 g/mol. The van der Waals surface area contributed by atoms with Gasteiger partial charge in [-0.15, -0.1) is 0 Å². The van der Waals surface area contributed by atoms with Gasteiger partial charge in [-0.2, -0.15) is 0 Å². The van der Waals surface area contributed by atoms with Gasteiger partial charge in [0, 0.05) is 11.8 Å². The van der Waals surface area contributed by atoms with Crippen LogP contribution in [0.5, 0.6) is 0 Å². The molecule has 1 aromatic heterocycles.